The Hall–Kier alpha value is -0.730. The molecule has 3 nitrogen and oxygen atoms in total. The predicted octanol–water partition coefficient (Wildman–Crippen LogP) is 5.04. The second-order valence-electron chi connectivity index (χ2n) is 6.31. The van der Waals surface area contributed by atoms with E-state index in [0.717, 1.165) is 12.8 Å². The second kappa shape index (κ2) is 10.1. The van der Waals surface area contributed by atoms with Crippen LogP contribution in [0.15, 0.2) is 0 Å². The fourth-order valence-corrected chi connectivity index (χ4v) is 2.02. The van der Waals surface area contributed by atoms with E-state index in [-0.39, 0.29) is 12.1 Å². The zero-order valence-corrected chi connectivity index (χ0v) is 13.6. The van der Waals surface area contributed by atoms with Crippen molar-refractivity contribution < 1.29 is 9.53 Å². The topological polar surface area (TPSA) is 38.3 Å². The van der Waals surface area contributed by atoms with E-state index in [2.05, 4.69) is 19.2 Å². The third-order valence-corrected chi connectivity index (χ3v) is 3.12. The molecule has 0 fully saturated rings. The Morgan fingerprint density at radius 3 is 2.16 bits per heavy atom. The average molecular weight is 271 g/mol. The van der Waals surface area contributed by atoms with Crippen molar-refractivity contribution in [1.29, 1.82) is 0 Å². The SMILES string of the molecule is CCCCCCCCC(CC)NC(=O)OC(C)(C)C. The van der Waals surface area contributed by atoms with Gasteiger partial charge in [-0.25, -0.2) is 4.79 Å². The minimum atomic E-state index is -0.414. The van der Waals surface area contributed by atoms with E-state index in [4.69, 9.17) is 4.74 Å². The first-order chi connectivity index (χ1) is 8.89. The van der Waals surface area contributed by atoms with Gasteiger partial charge >= 0.3 is 6.09 Å². The first-order valence-corrected chi connectivity index (χ1v) is 7.88. The number of hydrogen-bond donors (Lipinski definition) is 1. The molecule has 1 N–H and O–H groups in total. The van der Waals surface area contributed by atoms with Gasteiger partial charge < -0.3 is 10.1 Å². The van der Waals surface area contributed by atoms with Crippen LogP contribution in [0.3, 0.4) is 0 Å². The molecule has 3 heteroatoms. The molecule has 1 atom stereocenters. The molecule has 0 aliphatic heterocycles. The van der Waals surface area contributed by atoms with Crippen LogP contribution in [0, 0.1) is 0 Å². The zero-order valence-electron chi connectivity index (χ0n) is 13.6. The Labute approximate surface area is 119 Å². The molecule has 0 spiro atoms. The molecule has 0 rings (SSSR count). The molecule has 1 amide bonds. The number of carbonyl (C=O) groups is 1. The maximum Gasteiger partial charge on any atom is 0.407 e. The van der Waals surface area contributed by atoms with Gasteiger partial charge in [0.25, 0.3) is 0 Å². The molecular weight excluding hydrogens is 238 g/mol. The van der Waals surface area contributed by atoms with Crippen molar-refractivity contribution in [3.05, 3.63) is 0 Å². The molecule has 0 radical (unpaired) electrons. The lowest BCUT2D eigenvalue weighted by atomic mass is 10.0. The van der Waals surface area contributed by atoms with Crippen LogP contribution in [0.25, 0.3) is 0 Å². The Balaban J connectivity index is 3.73. The highest BCUT2D eigenvalue weighted by atomic mass is 16.6. The zero-order chi connectivity index (χ0) is 14.7. The Bertz CT molecular complexity index is 233. The van der Waals surface area contributed by atoms with Crippen LogP contribution in [0.2, 0.25) is 0 Å². The fourth-order valence-electron chi connectivity index (χ4n) is 2.02. The summed E-state index contributed by atoms with van der Waals surface area (Å²) < 4.78 is 5.28. The Morgan fingerprint density at radius 2 is 1.63 bits per heavy atom. The molecule has 0 aliphatic carbocycles. The van der Waals surface area contributed by atoms with Crippen LogP contribution in [-0.4, -0.2) is 17.7 Å². The van der Waals surface area contributed by atoms with E-state index >= 15 is 0 Å². The number of nitrogens with one attached hydrogen (secondary N) is 1. The van der Waals surface area contributed by atoms with Gasteiger partial charge in [-0.05, 0) is 33.6 Å². The summed E-state index contributed by atoms with van der Waals surface area (Å²) in [6, 6.07) is 0.251. The number of amides is 1. The smallest absolute Gasteiger partial charge is 0.407 e. The average Bonchev–Trinajstić information content (AvgIpc) is 2.29. The van der Waals surface area contributed by atoms with E-state index in [9.17, 15) is 4.79 Å². The van der Waals surface area contributed by atoms with Crippen LogP contribution in [0.1, 0.15) is 86.0 Å². The van der Waals surface area contributed by atoms with Crippen molar-refractivity contribution in [3.63, 3.8) is 0 Å². The summed E-state index contributed by atoms with van der Waals surface area (Å²) in [6.07, 6.45) is 9.49. The molecule has 0 aromatic rings. The summed E-state index contributed by atoms with van der Waals surface area (Å²) in [5.74, 6) is 0. The summed E-state index contributed by atoms with van der Waals surface area (Å²) in [4.78, 5) is 11.7. The first-order valence-electron chi connectivity index (χ1n) is 7.88. The standard InChI is InChI=1S/C16H33NO2/c1-6-8-9-10-11-12-13-14(7-2)17-15(18)19-16(3,4)5/h14H,6-13H2,1-5H3,(H,17,18). The van der Waals surface area contributed by atoms with E-state index < -0.39 is 5.60 Å². The van der Waals surface area contributed by atoms with Gasteiger partial charge in [0.1, 0.15) is 5.60 Å². The van der Waals surface area contributed by atoms with Gasteiger partial charge in [0.15, 0.2) is 0 Å². The molecule has 0 aromatic heterocycles. The minimum absolute atomic E-state index is 0.251. The normalized spacial score (nSPS) is 13.1. The van der Waals surface area contributed by atoms with E-state index in [0.29, 0.717) is 0 Å². The van der Waals surface area contributed by atoms with Crippen molar-refractivity contribution >= 4 is 6.09 Å². The maximum absolute atomic E-state index is 11.7. The lowest BCUT2D eigenvalue weighted by Gasteiger charge is -2.23. The van der Waals surface area contributed by atoms with Gasteiger partial charge in [-0.1, -0.05) is 52.4 Å². The molecule has 0 saturated carbocycles. The number of carbonyl (C=O) groups excluding carboxylic acids is 1. The van der Waals surface area contributed by atoms with Crippen molar-refractivity contribution in [2.45, 2.75) is 97.6 Å². The molecular formula is C16H33NO2. The summed E-state index contributed by atoms with van der Waals surface area (Å²) in [5.41, 5.74) is -0.414. The minimum Gasteiger partial charge on any atom is -0.444 e. The highest BCUT2D eigenvalue weighted by Crippen LogP contribution is 2.11. The number of rotatable bonds is 9. The summed E-state index contributed by atoms with van der Waals surface area (Å²) in [7, 11) is 0. The number of alkyl carbamates (subject to hydrolysis) is 1. The molecule has 0 aliphatic rings. The van der Waals surface area contributed by atoms with Crippen molar-refractivity contribution in [2.75, 3.05) is 0 Å². The summed E-state index contributed by atoms with van der Waals surface area (Å²) in [6.45, 7) is 10.0. The monoisotopic (exact) mass is 271 g/mol. The number of ether oxygens (including phenoxy) is 1. The van der Waals surface area contributed by atoms with Crippen LogP contribution in [0.5, 0.6) is 0 Å². The third kappa shape index (κ3) is 12.1. The van der Waals surface area contributed by atoms with Gasteiger partial charge in [0.2, 0.25) is 0 Å². The molecule has 0 bridgehead atoms. The fraction of sp³-hybridized carbons (Fsp3) is 0.938. The van der Waals surface area contributed by atoms with Crippen LogP contribution < -0.4 is 5.32 Å². The molecule has 0 aromatic carbocycles. The quantitative estimate of drug-likeness (QED) is 0.597. The van der Waals surface area contributed by atoms with Gasteiger partial charge in [0, 0.05) is 6.04 Å². The maximum atomic E-state index is 11.7. The largest absolute Gasteiger partial charge is 0.444 e. The van der Waals surface area contributed by atoms with Gasteiger partial charge in [-0.2, -0.15) is 0 Å². The second-order valence-corrected chi connectivity index (χ2v) is 6.31. The Morgan fingerprint density at radius 1 is 1.05 bits per heavy atom. The number of unbranched alkanes of at least 4 members (excludes halogenated alkanes) is 5. The summed E-state index contributed by atoms with van der Waals surface area (Å²) >= 11 is 0. The summed E-state index contributed by atoms with van der Waals surface area (Å²) in [5, 5.41) is 2.96. The van der Waals surface area contributed by atoms with Gasteiger partial charge in [-0.3, -0.25) is 0 Å². The van der Waals surface area contributed by atoms with Crippen molar-refractivity contribution in [1.82, 2.24) is 5.32 Å². The van der Waals surface area contributed by atoms with Crippen molar-refractivity contribution in [3.8, 4) is 0 Å². The van der Waals surface area contributed by atoms with Crippen LogP contribution in [-0.2, 0) is 4.74 Å². The van der Waals surface area contributed by atoms with Crippen molar-refractivity contribution in [2.24, 2.45) is 0 Å². The third-order valence-electron chi connectivity index (χ3n) is 3.12. The molecule has 114 valence electrons. The Kier molecular flexibility index (Phi) is 9.72. The number of hydrogen-bond acceptors (Lipinski definition) is 2. The molecule has 0 heterocycles. The molecule has 19 heavy (non-hydrogen) atoms. The highest BCUT2D eigenvalue weighted by Gasteiger charge is 2.18. The van der Waals surface area contributed by atoms with E-state index in [1.807, 2.05) is 20.8 Å². The van der Waals surface area contributed by atoms with Gasteiger partial charge in [-0.15, -0.1) is 0 Å². The van der Waals surface area contributed by atoms with Gasteiger partial charge in [0.05, 0.1) is 0 Å². The first kappa shape index (κ1) is 18.3. The lowest BCUT2D eigenvalue weighted by molar-refractivity contribution is 0.0499. The van der Waals surface area contributed by atoms with Crippen LogP contribution in [0.4, 0.5) is 4.79 Å². The lowest BCUT2D eigenvalue weighted by Crippen LogP contribution is -2.38. The molecule has 0 saturated heterocycles. The van der Waals surface area contributed by atoms with Crippen LogP contribution >= 0.6 is 0 Å². The molecule has 1 unspecified atom stereocenters. The highest BCUT2D eigenvalue weighted by molar-refractivity contribution is 5.68. The predicted molar refractivity (Wildman–Crippen MR) is 81.4 cm³/mol. The van der Waals surface area contributed by atoms with E-state index in [1.54, 1.807) is 0 Å². The van der Waals surface area contributed by atoms with E-state index in [1.165, 1.54) is 38.5 Å².